The molecule has 0 unspecified atom stereocenters. The van der Waals surface area contributed by atoms with E-state index in [0.29, 0.717) is 22.9 Å². The number of rotatable bonds is 3. The van der Waals surface area contributed by atoms with E-state index in [1.165, 1.54) is 0 Å². The van der Waals surface area contributed by atoms with Gasteiger partial charge in [-0.1, -0.05) is 23.7 Å². The van der Waals surface area contributed by atoms with Gasteiger partial charge in [-0.2, -0.15) is 0 Å². The van der Waals surface area contributed by atoms with Crippen molar-refractivity contribution in [3.63, 3.8) is 0 Å². The molecule has 1 aromatic heterocycles. The molecule has 1 heterocycles. The molecule has 16 heavy (non-hydrogen) atoms. The summed E-state index contributed by atoms with van der Waals surface area (Å²) in [6, 6.07) is 7.18. The van der Waals surface area contributed by atoms with E-state index >= 15 is 0 Å². The molecule has 0 bridgehead atoms. The summed E-state index contributed by atoms with van der Waals surface area (Å²) in [6.07, 6.45) is 0. The standard InChI is InChI=1S/C12H12ClNO2/c1-14(2)7-10(15)11-6-8-4-3-5-9(13)12(8)16-11/h3-6H,7H2,1-2H3. The molecule has 0 saturated heterocycles. The van der Waals surface area contributed by atoms with Crippen LogP contribution in [0.3, 0.4) is 0 Å². The maximum atomic E-state index is 11.8. The number of hydrogen-bond acceptors (Lipinski definition) is 3. The van der Waals surface area contributed by atoms with Crippen molar-refractivity contribution in [1.82, 2.24) is 4.90 Å². The zero-order valence-electron chi connectivity index (χ0n) is 9.16. The number of carbonyl (C=O) groups is 1. The Hall–Kier alpha value is -1.32. The number of furan rings is 1. The molecule has 0 atom stereocenters. The van der Waals surface area contributed by atoms with Gasteiger partial charge in [-0.15, -0.1) is 0 Å². The Balaban J connectivity index is 2.40. The van der Waals surface area contributed by atoms with Crippen LogP contribution in [0, 0.1) is 0 Å². The Bertz CT molecular complexity index is 531. The number of likely N-dealkylation sites (N-methyl/N-ethyl adjacent to an activating group) is 1. The van der Waals surface area contributed by atoms with E-state index in [2.05, 4.69) is 0 Å². The fourth-order valence-corrected chi connectivity index (χ4v) is 1.75. The predicted molar refractivity (Wildman–Crippen MR) is 64.1 cm³/mol. The van der Waals surface area contributed by atoms with Gasteiger partial charge in [0.1, 0.15) is 0 Å². The fraction of sp³-hybridized carbons (Fsp3) is 0.250. The molecule has 2 rings (SSSR count). The number of hydrogen-bond donors (Lipinski definition) is 0. The van der Waals surface area contributed by atoms with Gasteiger partial charge in [0.15, 0.2) is 11.3 Å². The van der Waals surface area contributed by atoms with Crippen molar-refractivity contribution in [3.05, 3.63) is 35.0 Å². The Kier molecular flexibility index (Phi) is 2.99. The van der Waals surface area contributed by atoms with Crippen LogP contribution in [0.5, 0.6) is 0 Å². The minimum absolute atomic E-state index is 0.0442. The molecule has 0 fully saturated rings. The van der Waals surface area contributed by atoms with E-state index in [4.69, 9.17) is 16.0 Å². The molecule has 1 aromatic carbocycles. The second kappa shape index (κ2) is 4.28. The number of halogens is 1. The Morgan fingerprint density at radius 3 is 2.81 bits per heavy atom. The lowest BCUT2D eigenvalue weighted by molar-refractivity contribution is 0.0933. The average molecular weight is 238 g/mol. The van der Waals surface area contributed by atoms with Crippen LogP contribution in [0.25, 0.3) is 11.0 Å². The van der Waals surface area contributed by atoms with Gasteiger partial charge in [0, 0.05) is 5.39 Å². The maximum Gasteiger partial charge on any atom is 0.211 e. The summed E-state index contributed by atoms with van der Waals surface area (Å²) < 4.78 is 5.45. The second-order valence-corrected chi connectivity index (χ2v) is 4.34. The van der Waals surface area contributed by atoms with Crippen molar-refractivity contribution >= 4 is 28.4 Å². The van der Waals surface area contributed by atoms with Crippen LogP contribution in [0.2, 0.25) is 5.02 Å². The molecule has 0 aliphatic heterocycles. The summed E-state index contributed by atoms with van der Waals surface area (Å²) in [6.45, 7) is 0.331. The summed E-state index contributed by atoms with van der Waals surface area (Å²) in [5, 5.41) is 1.39. The molecule has 0 spiro atoms. The highest BCUT2D eigenvalue weighted by Gasteiger charge is 2.14. The smallest absolute Gasteiger partial charge is 0.211 e. The lowest BCUT2D eigenvalue weighted by Crippen LogP contribution is -2.21. The largest absolute Gasteiger partial charge is 0.451 e. The lowest BCUT2D eigenvalue weighted by Gasteiger charge is -2.05. The molecular formula is C12H12ClNO2. The summed E-state index contributed by atoms with van der Waals surface area (Å²) in [7, 11) is 3.68. The summed E-state index contributed by atoms with van der Waals surface area (Å²) in [4.78, 5) is 13.6. The third-order valence-corrected chi connectivity index (χ3v) is 2.53. The van der Waals surface area contributed by atoms with Crippen molar-refractivity contribution in [2.24, 2.45) is 0 Å². The number of para-hydroxylation sites is 1. The minimum Gasteiger partial charge on any atom is -0.451 e. The quantitative estimate of drug-likeness (QED) is 0.770. The lowest BCUT2D eigenvalue weighted by atomic mass is 10.2. The first-order valence-electron chi connectivity index (χ1n) is 4.94. The Labute approximate surface area is 98.6 Å². The number of benzene rings is 1. The molecule has 84 valence electrons. The van der Waals surface area contributed by atoms with Crippen LogP contribution in [-0.4, -0.2) is 31.3 Å². The minimum atomic E-state index is -0.0442. The van der Waals surface area contributed by atoms with Crippen molar-refractivity contribution in [2.75, 3.05) is 20.6 Å². The molecule has 2 aromatic rings. The number of carbonyl (C=O) groups excluding carboxylic acids is 1. The molecule has 0 radical (unpaired) electrons. The third kappa shape index (κ3) is 2.10. The topological polar surface area (TPSA) is 33.5 Å². The normalized spacial score (nSPS) is 11.2. The van der Waals surface area contributed by atoms with Gasteiger partial charge in [0.25, 0.3) is 0 Å². The molecule has 3 nitrogen and oxygen atoms in total. The van der Waals surface area contributed by atoms with Gasteiger partial charge < -0.3 is 9.32 Å². The Morgan fingerprint density at radius 1 is 1.44 bits per heavy atom. The molecule has 0 N–H and O–H groups in total. The van der Waals surface area contributed by atoms with Gasteiger partial charge >= 0.3 is 0 Å². The highest BCUT2D eigenvalue weighted by Crippen LogP contribution is 2.26. The average Bonchev–Trinajstić information content (AvgIpc) is 2.61. The van der Waals surface area contributed by atoms with E-state index in [-0.39, 0.29) is 5.78 Å². The molecule has 0 saturated carbocycles. The molecule has 0 aliphatic rings. The van der Waals surface area contributed by atoms with Crippen LogP contribution in [0.15, 0.2) is 28.7 Å². The number of Topliss-reactive ketones (excluding diaryl/α,β-unsaturated/α-hetero) is 1. The van der Waals surface area contributed by atoms with E-state index < -0.39 is 0 Å². The summed E-state index contributed by atoms with van der Waals surface area (Å²) in [5.74, 6) is 0.314. The van der Waals surface area contributed by atoms with Crippen LogP contribution in [0.1, 0.15) is 10.6 Å². The zero-order chi connectivity index (χ0) is 11.7. The molecule has 4 heteroatoms. The fourth-order valence-electron chi connectivity index (χ4n) is 1.53. The van der Waals surface area contributed by atoms with Crippen LogP contribution >= 0.6 is 11.6 Å². The van der Waals surface area contributed by atoms with E-state index in [1.807, 2.05) is 26.2 Å². The van der Waals surface area contributed by atoms with Crippen LogP contribution < -0.4 is 0 Å². The summed E-state index contributed by atoms with van der Waals surface area (Å²) >= 11 is 5.97. The van der Waals surface area contributed by atoms with Crippen LogP contribution in [0.4, 0.5) is 0 Å². The van der Waals surface area contributed by atoms with Crippen molar-refractivity contribution in [3.8, 4) is 0 Å². The first-order valence-corrected chi connectivity index (χ1v) is 5.31. The van der Waals surface area contributed by atoms with Gasteiger partial charge in [-0.25, -0.2) is 0 Å². The third-order valence-electron chi connectivity index (χ3n) is 2.23. The van der Waals surface area contributed by atoms with Crippen molar-refractivity contribution in [2.45, 2.75) is 0 Å². The number of fused-ring (bicyclic) bond motifs is 1. The summed E-state index contributed by atoms with van der Waals surface area (Å²) in [5.41, 5.74) is 0.575. The maximum absolute atomic E-state index is 11.8. The van der Waals surface area contributed by atoms with E-state index in [0.717, 1.165) is 5.39 Å². The van der Waals surface area contributed by atoms with Gasteiger partial charge in [0.05, 0.1) is 11.6 Å². The SMILES string of the molecule is CN(C)CC(=O)c1cc2cccc(Cl)c2o1. The van der Waals surface area contributed by atoms with Gasteiger partial charge in [-0.05, 0) is 26.2 Å². The monoisotopic (exact) mass is 237 g/mol. The number of nitrogens with zero attached hydrogens (tertiary/aromatic N) is 1. The molecular weight excluding hydrogens is 226 g/mol. The van der Waals surface area contributed by atoms with Crippen LogP contribution in [-0.2, 0) is 0 Å². The first-order chi connectivity index (χ1) is 7.58. The number of ketones is 1. The molecule has 0 aliphatic carbocycles. The van der Waals surface area contributed by atoms with Gasteiger partial charge in [-0.3, -0.25) is 4.79 Å². The van der Waals surface area contributed by atoms with Crippen molar-refractivity contribution < 1.29 is 9.21 Å². The Morgan fingerprint density at radius 2 is 2.19 bits per heavy atom. The first kappa shape index (κ1) is 11.2. The second-order valence-electron chi connectivity index (χ2n) is 3.93. The highest BCUT2D eigenvalue weighted by atomic mass is 35.5. The van der Waals surface area contributed by atoms with E-state index in [1.54, 1.807) is 17.0 Å². The molecule has 0 amide bonds. The zero-order valence-corrected chi connectivity index (χ0v) is 9.91. The predicted octanol–water partition coefficient (Wildman–Crippen LogP) is 2.83. The highest BCUT2D eigenvalue weighted by molar-refractivity contribution is 6.34. The van der Waals surface area contributed by atoms with Crippen molar-refractivity contribution in [1.29, 1.82) is 0 Å². The van der Waals surface area contributed by atoms with E-state index in [9.17, 15) is 4.79 Å². The van der Waals surface area contributed by atoms with Gasteiger partial charge in [0.2, 0.25) is 5.78 Å².